The average Bonchev–Trinajstić information content (AvgIpc) is 2.08. The summed E-state index contributed by atoms with van der Waals surface area (Å²) in [5, 5.41) is 18.9. The van der Waals surface area contributed by atoms with Crippen LogP contribution in [0.2, 0.25) is 0 Å². The Labute approximate surface area is 85.1 Å². The van der Waals surface area contributed by atoms with E-state index in [1.54, 1.807) is 0 Å². The van der Waals surface area contributed by atoms with Gasteiger partial charge in [-0.2, -0.15) is 0 Å². The van der Waals surface area contributed by atoms with E-state index in [1.165, 1.54) is 6.92 Å². The monoisotopic (exact) mass is 200 g/mol. The van der Waals surface area contributed by atoms with E-state index in [-0.39, 0.29) is 5.92 Å². The lowest BCUT2D eigenvalue weighted by atomic mass is 9.68. The fourth-order valence-corrected chi connectivity index (χ4v) is 2.47. The molecule has 1 rings (SSSR count). The Morgan fingerprint density at radius 2 is 1.93 bits per heavy atom. The van der Waals surface area contributed by atoms with E-state index in [2.05, 4.69) is 6.92 Å². The molecule has 0 aromatic carbocycles. The van der Waals surface area contributed by atoms with Gasteiger partial charge in [0.1, 0.15) is 0 Å². The molecular formula is C11H20O3. The van der Waals surface area contributed by atoms with Crippen LogP contribution in [0, 0.1) is 17.8 Å². The van der Waals surface area contributed by atoms with Crippen molar-refractivity contribution in [2.24, 2.45) is 17.8 Å². The van der Waals surface area contributed by atoms with Gasteiger partial charge < -0.3 is 10.2 Å². The van der Waals surface area contributed by atoms with E-state index in [9.17, 15) is 9.90 Å². The van der Waals surface area contributed by atoms with Crippen LogP contribution in [0.4, 0.5) is 0 Å². The highest BCUT2D eigenvalue weighted by Gasteiger charge is 2.44. The predicted octanol–water partition coefficient (Wildman–Crippen LogP) is 1.89. The summed E-state index contributed by atoms with van der Waals surface area (Å²) in [7, 11) is 0. The average molecular weight is 200 g/mol. The molecule has 1 aliphatic carbocycles. The standard InChI is InChI=1S/C11H20O3/c1-7-4-5-8(2)9(6-7)11(3,14)10(12)13/h7-9,14H,4-6H2,1-3H3,(H,12,13). The summed E-state index contributed by atoms with van der Waals surface area (Å²) < 4.78 is 0. The third-order valence-corrected chi connectivity index (χ3v) is 3.61. The van der Waals surface area contributed by atoms with Gasteiger partial charge >= 0.3 is 5.97 Å². The van der Waals surface area contributed by atoms with Gasteiger partial charge in [0, 0.05) is 5.92 Å². The van der Waals surface area contributed by atoms with E-state index in [0.29, 0.717) is 11.8 Å². The van der Waals surface area contributed by atoms with Gasteiger partial charge in [-0.3, -0.25) is 0 Å². The van der Waals surface area contributed by atoms with E-state index in [0.717, 1.165) is 19.3 Å². The van der Waals surface area contributed by atoms with Crippen LogP contribution in [0.15, 0.2) is 0 Å². The summed E-state index contributed by atoms with van der Waals surface area (Å²) in [5.41, 5.74) is -1.56. The summed E-state index contributed by atoms with van der Waals surface area (Å²) >= 11 is 0. The maximum Gasteiger partial charge on any atom is 0.335 e. The Bertz CT molecular complexity index is 223. The van der Waals surface area contributed by atoms with Crippen molar-refractivity contribution in [3.05, 3.63) is 0 Å². The molecule has 0 spiro atoms. The Balaban J connectivity index is 2.78. The maximum atomic E-state index is 10.9. The molecule has 1 fully saturated rings. The maximum absolute atomic E-state index is 10.9. The van der Waals surface area contributed by atoms with Crippen LogP contribution in [-0.4, -0.2) is 21.8 Å². The highest BCUT2D eigenvalue weighted by molar-refractivity contribution is 5.77. The molecule has 0 radical (unpaired) electrons. The van der Waals surface area contributed by atoms with Gasteiger partial charge in [0.25, 0.3) is 0 Å². The minimum absolute atomic E-state index is 0.108. The SMILES string of the molecule is CC1CCC(C)C(C(C)(O)C(=O)O)C1. The Morgan fingerprint density at radius 1 is 1.36 bits per heavy atom. The molecule has 0 bridgehead atoms. The normalized spacial score (nSPS) is 37.6. The van der Waals surface area contributed by atoms with Crippen molar-refractivity contribution < 1.29 is 15.0 Å². The molecular weight excluding hydrogens is 180 g/mol. The van der Waals surface area contributed by atoms with Crippen LogP contribution < -0.4 is 0 Å². The fraction of sp³-hybridized carbons (Fsp3) is 0.909. The van der Waals surface area contributed by atoms with Crippen LogP contribution in [0.5, 0.6) is 0 Å². The fourth-order valence-electron chi connectivity index (χ4n) is 2.47. The number of hydrogen-bond acceptors (Lipinski definition) is 2. The molecule has 82 valence electrons. The van der Waals surface area contributed by atoms with Crippen molar-refractivity contribution in [3.63, 3.8) is 0 Å². The van der Waals surface area contributed by atoms with Gasteiger partial charge in [-0.15, -0.1) is 0 Å². The highest BCUT2D eigenvalue weighted by atomic mass is 16.4. The molecule has 4 atom stereocenters. The number of carboxylic acid groups (broad SMARTS) is 1. The molecule has 0 aliphatic heterocycles. The van der Waals surface area contributed by atoms with Crippen molar-refractivity contribution in [3.8, 4) is 0 Å². The molecule has 0 saturated heterocycles. The summed E-state index contributed by atoms with van der Waals surface area (Å²) in [6.07, 6.45) is 2.99. The van der Waals surface area contributed by atoms with Crippen molar-refractivity contribution in [1.82, 2.24) is 0 Å². The predicted molar refractivity (Wildman–Crippen MR) is 53.9 cm³/mol. The first-order valence-corrected chi connectivity index (χ1v) is 5.31. The summed E-state index contributed by atoms with van der Waals surface area (Å²) in [5.74, 6) is -0.369. The van der Waals surface area contributed by atoms with Crippen molar-refractivity contribution in [2.75, 3.05) is 0 Å². The third kappa shape index (κ3) is 2.08. The van der Waals surface area contributed by atoms with Crippen LogP contribution in [0.25, 0.3) is 0 Å². The third-order valence-electron chi connectivity index (χ3n) is 3.61. The van der Waals surface area contributed by atoms with Gasteiger partial charge in [-0.25, -0.2) is 4.79 Å². The number of carboxylic acids is 1. The second-order valence-corrected chi connectivity index (χ2v) is 4.95. The number of carbonyl (C=O) groups is 1. The molecule has 4 unspecified atom stereocenters. The van der Waals surface area contributed by atoms with Crippen LogP contribution in [-0.2, 0) is 4.79 Å². The molecule has 2 N–H and O–H groups in total. The zero-order valence-corrected chi connectivity index (χ0v) is 9.16. The first kappa shape index (κ1) is 11.5. The quantitative estimate of drug-likeness (QED) is 0.715. The Kier molecular flexibility index (Phi) is 3.20. The summed E-state index contributed by atoms with van der Waals surface area (Å²) in [6.45, 7) is 5.58. The van der Waals surface area contributed by atoms with Gasteiger partial charge in [0.15, 0.2) is 5.60 Å². The van der Waals surface area contributed by atoms with Crippen LogP contribution in [0.3, 0.4) is 0 Å². The molecule has 14 heavy (non-hydrogen) atoms. The first-order valence-electron chi connectivity index (χ1n) is 5.31. The number of hydrogen-bond donors (Lipinski definition) is 2. The molecule has 3 nitrogen and oxygen atoms in total. The molecule has 0 amide bonds. The van der Waals surface area contributed by atoms with E-state index >= 15 is 0 Å². The van der Waals surface area contributed by atoms with Crippen LogP contribution >= 0.6 is 0 Å². The van der Waals surface area contributed by atoms with Gasteiger partial charge in [0.05, 0.1) is 0 Å². The number of rotatable bonds is 2. The van der Waals surface area contributed by atoms with Crippen molar-refractivity contribution in [1.29, 1.82) is 0 Å². The van der Waals surface area contributed by atoms with Gasteiger partial charge in [-0.05, 0) is 25.2 Å². The molecule has 3 heteroatoms. The van der Waals surface area contributed by atoms with Gasteiger partial charge in [-0.1, -0.05) is 26.7 Å². The topological polar surface area (TPSA) is 57.5 Å². The first-order chi connectivity index (χ1) is 6.35. The van der Waals surface area contributed by atoms with E-state index in [1.807, 2.05) is 6.92 Å². The zero-order valence-electron chi connectivity index (χ0n) is 9.16. The molecule has 0 heterocycles. The molecule has 0 aromatic heterocycles. The Hall–Kier alpha value is -0.570. The highest BCUT2D eigenvalue weighted by Crippen LogP contribution is 2.39. The van der Waals surface area contributed by atoms with Crippen LogP contribution in [0.1, 0.15) is 40.0 Å². The lowest BCUT2D eigenvalue weighted by molar-refractivity contribution is -0.167. The molecule has 1 aliphatic rings. The van der Waals surface area contributed by atoms with Crippen molar-refractivity contribution in [2.45, 2.75) is 45.6 Å². The van der Waals surface area contributed by atoms with Crippen molar-refractivity contribution >= 4 is 5.97 Å². The molecule has 1 saturated carbocycles. The minimum atomic E-state index is -1.56. The smallest absolute Gasteiger partial charge is 0.335 e. The summed E-state index contributed by atoms with van der Waals surface area (Å²) in [4.78, 5) is 10.9. The number of aliphatic hydroxyl groups is 1. The minimum Gasteiger partial charge on any atom is -0.479 e. The van der Waals surface area contributed by atoms with E-state index < -0.39 is 11.6 Å². The second kappa shape index (κ2) is 3.89. The van der Waals surface area contributed by atoms with E-state index in [4.69, 9.17) is 5.11 Å². The van der Waals surface area contributed by atoms with Gasteiger partial charge in [0.2, 0.25) is 0 Å². The second-order valence-electron chi connectivity index (χ2n) is 4.95. The largest absolute Gasteiger partial charge is 0.479 e. The lowest BCUT2D eigenvalue weighted by Crippen LogP contribution is -2.47. The zero-order chi connectivity index (χ0) is 10.9. The number of aliphatic carboxylic acids is 1. The Morgan fingerprint density at radius 3 is 2.43 bits per heavy atom. The summed E-state index contributed by atoms with van der Waals surface area (Å²) in [6, 6.07) is 0. The lowest BCUT2D eigenvalue weighted by Gasteiger charge is -2.39. The molecule has 0 aromatic rings.